The average molecular weight is 294 g/mol. The summed E-state index contributed by atoms with van der Waals surface area (Å²) in [5.41, 5.74) is 0. The van der Waals surface area contributed by atoms with Crippen molar-refractivity contribution >= 4 is 0 Å². The molecule has 21 heavy (non-hydrogen) atoms. The Morgan fingerprint density at radius 1 is 0.667 bits per heavy atom. The van der Waals surface area contributed by atoms with E-state index in [1.807, 2.05) is 6.08 Å². The van der Waals surface area contributed by atoms with Crippen molar-refractivity contribution in [2.75, 3.05) is 0 Å². The zero-order valence-corrected chi connectivity index (χ0v) is 14.9. The van der Waals surface area contributed by atoms with Crippen LogP contribution in [0.2, 0.25) is 0 Å². The third-order valence-corrected chi connectivity index (χ3v) is 4.47. The molecule has 0 saturated carbocycles. The van der Waals surface area contributed by atoms with Crippen LogP contribution in [0.5, 0.6) is 0 Å². The molecule has 0 nitrogen and oxygen atoms in total. The standard InChI is InChI=1S/C21H41/c1-4-6-7-8-9-10-11-12-13-14-15-16-17-18-20-21(3)19-5-2/h5,21H,2-4,6-20H2,1H3. The van der Waals surface area contributed by atoms with Crippen molar-refractivity contribution in [3.05, 3.63) is 19.6 Å². The minimum absolute atomic E-state index is 0.597. The molecule has 0 heteroatoms. The fourth-order valence-corrected chi connectivity index (χ4v) is 2.98. The van der Waals surface area contributed by atoms with E-state index in [1.54, 1.807) is 0 Å². The lowest BCUT2D eigenvalue weighted by molar-refractivity contribution is 0.506. The van der Waals surface area contributed by atoms with Crippen molar-refractivity contribution in [1.82, 2.24) is 0 Å². The van der Waals surface area contributed by atoms with Crippen molar-refractivity contribution < 1.29 is 0 Å². The lowest BCUT2D eigenvalue weighted by Gasteiger charge is -2.07. The monoisotopic (exact) mass is 293 g/mol. The summed E-state index contributed by atoms with van der Waals surface area (Å²) in [6.07, 6.45) is 24.5. The summed E-state index contributed by atoms with van der Waals surface area (Å²) in [4.78, 5) is 0. The molecule has 0 amide bonds. The van der Waals surface area contributed by atoms with E-state index in [4.69, 9.17) is 0 Å². The van der Waals surface area contributed by atoms with Crippen LogP contribution < -0.4 is 0 Å². The van der Waals surface area contributed by atoms with Crippen LogP contribution in [0.3, 0.4) is 0 Å². The second kappa shape index (κ2) is 17.8. The first-order valence-corrected chi connectivity index (χ1v) is 9.75. The first-order valence-electron chi connectivity index (χ1n) is 9.75. The van der Waals surface area contributed by atoms with Gasteiger partial charge in [0, 0.05) is 0 Å². The van der Waals surface area contributed by atoms with E-state index in [0.717, 1.165) is 6.42 Å². The van der Waals surface area contributed by atoms with Crippen LogP contribution in [0.15, 0.2) is 12.7 Å². The highest BCUT2D eigenvalue weighted by Crippen LogP contribution is 2.16. The Balaban J connectivity index is 3.01. The maximum Gasteiger partial charge on any atom is -0.0325 e. The number of hydrogen-bond acceptors (Lipinski definition) is 0. The molecule has 0 heterocycles. The van der Waals surface area contributed by atoms with Gasteiger partial charge in [-0.15, -0.1) is 6.58 Å². The van der Waals surface area contributed by atoms with Gasteiger partial charge in [-0.25, -0.2) is 0 Å². The van der Waals surface area contributed by atoms with E-state index in [1.165, 1.54) is 96.3 Å². The Labute approximate surface area is 135 Å². The van der Waals surface area contributed by atoms with Gasteiger partial charge in [0.1, 0.15) is 0 Å². The van der Waals surface area contributed by atoms with Gasteiger partial charge in [0.15, 0.2) is 0 Å². The molecule has 0 spiro atoms. The van der Waals surface area contributed by atoms with Gasteiger partial charge in [0.05, 0.1) is 0 Å². The second-order valence-electron chi connectivity index (χ2n) is 6.78. The predicted molar refractivity (Wildman–Crippen MR) is 98.6 cm³/mol. The van der Waals surface area contributed by atoms with Gasteiger partial charge in [-0.3, -0.25) is 0 Å². The Morgan fingerprint density at radius 3 is 1.43 bits per heavy atom. The van der Waals surface area contributed by atoms with E-state index >= 15 is 0 Å². The molecule has 0 N–H and O–H groups in total. The molecule has 0 aliphatic carbocycles. The van der Waals surface area contributed by atoms with Crippen molar-refractivity contribution in [2.24, 2.45) is 5.92 Å². The fraction of sp³-hybridized carbons (Fsp3) is 0.857. The SMILES string of the molecule is [CH2]C(CC=C)CCCCCCCCCCCCCCCC. The first kappa shape index (κ1) is 20.7. The molecule has 1 unspecified atom stereocenters. The first-order chi connectivity index (χ1) is 10.3. The number of allylic oxidation sites excluding steroid dienone is 1. The molecular weight excluding hydrogens is 252 g/mol. The normalized spacial score (nSPS) is 12.5. The van der Waals surface area contributed by atoms with E-state index < -0.39 is 0 Å². The molecule has 1 radical (unpaired) electrons. The summed E-state index contributed by atoms with van der Waals surface area (Å²) in [6, 6.07) is 0. The summed E-state index contributed by atoms with van der Waals surface area (Å²) >= 11 is 0. The molecule has 1 atom stereocenters. The quantitative estimate of drug-likeness (QED) is 0.189. The molecule has 0 rings (SSSR count). The third-order valence-electron chi connectivity index (χ3n) is 4.47. The van der Waals surface area contributed by atoms with Gasteiger partial charge >= 0.3 is 0 Å². The summed E-state index contributed by atoms with van der Waals surface area (Å²) < 4.78 is 0. The van der Waals surface area contributed by atoms with Gasteiger partial charge in [-0.2, -0.15) is 0 Å². The molecule has 0 aliphatic rings. The van der Waals surface area contributed by atoms with Crippen molar-refractivity contribution in [3.8, 4) is 0 Å². The van der Waals surface area contributed by atoms with E-state index in [2.05, 4.69) is 20.4 Å². The topological polar surface area (TPSA) is 0 Å². The van der Waals surface area contributed by atoms with E-state index in [9.17, 15) is 0 Å². The predicted octanol–water partition coefficient (Wildman–Crippen LogP) is 7.88. The van der Waals surface area contributed by atoms with Gasteiger partial charge in [0.2, 0.25) is 0 Å². The van der Waals surface area contributed by atoms with E-state index in [-0.39, 0.29) is 0 Å². The summed E-state index contributed by atoms with van der Waals surface area (Å²) in [7, 11) is 0. The zero-order chi connectivity index (χ0) is 15.6. The minimum atomic E-state index is 0.597. The summed E-state index contributed by atoms with van der Waals surface area (Å²) in [6.45, 7) is 10.2. The van der Waals surface area contributed by atoms with Crippen LogP contribution in [-0.4, -0.2) is 0 Å². The molecule has 0 aromatic rings. The lowest BCUT2D eigenvalue weighted by atomic mass is 9.99. The van der Waals surface area contributed by atoms with Crippen molar-refractivity contribution in [3.63, 3.8) is 0 Å². The van der Waals surface area contributed by atoms with Crippen molar-refractivity contribution in [1.29, 1.82) is 0 Å². The maximum absolute atomic E-state index is 4.16. The zero-order valence-electron chi connectivity index (χ0n) is 14.9. The Kier molecular flexibility index (Phi) is 17.6. The van der Waals surface area contributed by atoms with E-state index in [0.29, 0.717) is 5.92 Å². The van der Waals surface area contributed by atoms with Gasteiger partial charge < -0.3 is 0 Å². The molecule has 0 aromatic carbocycles. The maximum atomic E-state index is 4.16. The highest BCUT2D eigenvalue weighted by atomic mass is 14.0. The largest absolute Gasteiger partial charge is 0.103 e. The Bertz CT molecular complexity index is 194. The number of hydrogen-bond donors (Lipinski definition) is 0. The smallest absolute Gasteiger partial charge is 0.0325 e. The summed E-state index contributed by atoms with van der Waals surface area (Å²) in [5.74, 6) is 0.597. The van der Waals surface area contributed by atoms with Gasteiger partial charge in [-0.1, -0.05) is 109 Å². The van der Waals surface area contributed by atoms with Crippen LogP contribution in [0.25, 0.3) is 0 Å². The van der Waals surface area contributed by atoms with Crippen LogP contribution >= 0.6 is 0 Å². The van der Waals surface area contributed by atoms with Crippen LogP contribution in [0, 0.1) is 12.8 Å². The van der Waals surface area contributed by atoms with Crippen LogP contribution in [0.1, 0.15) is 110 Å². The molecule has 125 valence electrons. The highest BCUT2D eigenvalue weighted by Gasteiger charge is 1.99. The van der Waals surface area contributed by atoms with Crippen molar-refractivity contribution in [2.45, 2.75) is 110 Å². The average Bonchev–Trinajstić information content (AvgIpc) is 2.48. The van der Waals surface area contributed by atoms with Crippen LogP contribution in [0.4, 0.5) is 0 Å². The summed E-state index contributed by atoms with van der Waals surface area (Å²) in [5, 5.41) is 0. The molecule has 0 bridgehead atoms. The fourth-order valence-electron chi connectivity index (χ4n) is 2.98. The number of unbranched alkanes of at least 4 members (excludes halogenated alkanes) is 13. The molecular formula is C21H41. The van der Waals surface area contributed by atoms with Gasteiger partial charge in [-0.05, 0) is 19.3 Å². The Hall–Kier alpha value is -0.260. The molecule has 0 saturated heterocycles. The second-order valence-corrected chi connectivity index (χ2v) is 6.78. The molecule has 0 aliphatic heterocycles. The molecule has 0 fully saturated rings. The highest BCUT2D eigenvalue weighted by molar-refractivity contribution is 4.74. The minimum Gasteiger partial charge on any atom is -0.103 e. The van der Waals surface area contributed by atoms with Crippen LogP contribution in [-0.2, 0) is 0 Å². The molecule has 0 aromatic heterocycles. The number of rotatable bonds is 17. The lowest BCUT2D eigenvalue weighted by Crippen LogP contribution is -1.92. The third kappa shape index (κ3) is 17.7. The Morgan fingerprint density at radius 2 is 1.05 bits per heavy atom. The van der Waals surface area contributed by atoms with Gasteiger partial charge in [0.25, 0.3) is 0 Å².